The maximum absolute atomic E-state index is 11.9. The highest BCUT2D eigenvalue weighted by atomic mass is 16.2. The van der Waals surface area contributed by atoms with Crippen LogP contribution in [0.2, 0.25) is 0 Å². The summed E-state index contributed by atoms with van der Waals surface area (Å²) in [6.45, 7) is 6.13. The molecule has 24 heavy (non-hydrogen) atoms. The first kappa shape index (κ1) is 20.0. The summed E-state index contributed by atoms with van der Waals surface area (Å²) < 4.78 is 0. The summed E-state index contributed by atoms with van der Waals surface area (Å²) in [6, 6.07) is 7.67. The molecule has 5 heteroatoms. The molecule has 0 atom stereocenters. The van der Waals surface area contributed by atoms with E-state index in [0.717, 1.165) is 30.4 Å². The summed E-state index contributed by atoms with van der Waals surface area (Å²) in [5.41, 5.74) is 1.82. The van der Waals surface area contributed by atoms with Crippen molar-refractivity contribution in [1.29, 1.82) is 0 Å². The fourth-order valence-electron chi connectivity index (χ4n) is 2.31. The summed E-state index contributed by atoms with van der Waals surface area (Å²) in [7, 11) is 5.30. The lowest BCUT2D eigenvalue weighted by atomic mass is 10.1. The van der Waals surface area contributed by atoms with Crippen LogP contribution in [-0.4, -0.2) is 44.5 Å². The van der Waals surface area contributed by atoms with Gasteiger partial charge < -0.3 is 15.5 Å². The molecule has 1 aromatic rings. The Morgan fingerprint density at radius 2 is 1.79 bits per heavy atom. The number of amides is 1. The van der Waals surface area contributed by atoms with E-state index in [1.54, 1.807) is 26.0 Å². The van der Waals surface area contributed by atoms with E-state index in [-0.39, 0.29) is 5.91 Å². The molecule has 1 amide bonds. The fourth-order valence-corrected chi connectivity index (χ4v) is 2.31. The zero-order valence-electron chi connectivity index (χ0n) is 15.7. The number of hydrogen-bond acceptors (Lipinski definition) is 2. The van der Waals surface area contributed by atoms with E-state index >= 15 is 0 Å². The van der Waals surface area contributed by atoms with Crippen LogP contribution >= 0.6 is 0 Å². The zero-order valence-corrected chi connectivity index (χ0v) is 15.7. The highest BCUT2D eigenvalue weighted by molar-refractivity contribution is 5.93. The number of hydrogen-bond donors (Lipinski definition) is 2. The Morgan fingerprint density at radius 1 is 1.12 bits per heavy atom. The molecule has 0 saturated heterocycles. The van der Waals surface area contributed by atoms with Gasteiger partial charge in [0.05, 0.1) is 0 Å². The van der Waals surface area contributed by atoms with Crippen LogP contribution in [0.15, 0.2) is 29.3 Å². The fraction of sp³-hybridized carbons (Fsp3) is 0.579. The Kier molecular flexibility index (Phi) is 8.90. The molecule has 2 N–H and O–H groups in total. The number of unbranched alkanes of at least 4 members (excludes halogenated alkanes) is 1. The molecule has 0 radical (unpaired) electrons. The molecule has 134 valence electrons. The normalized spacial score (nSPS) is 11.5. The van der Waals surface area contributed by atoms with Crippen LogP contribution in [-0.2, 0) is 6.54 Å². The standard InChI is InChI=1S/C19H32N4O/c1-15(2)8-6-7-13-21-19(20-3)22-14-16-9-11-17(12-10-16)18(24)23(4)5/h9-12,15H,6-8,13-14H2,1-5H3,(H2,20,21,22). The molecule has 0 unspecified atom stereocenters. The van der Waals surface area contributed by atoms with E-state index in [4.69, 9.17) is 0 Å². The van der Waals surface area contributed by atoms with Crippen LogP contribution in [0.5, 0.6) is 0 Å². The highest BCUT2D eigenvalue weighted by Crippen LogP contribution is 2.07. The van der Waals surface area contributed by atoms with Crippen molar-refractivity contribution in [1.82, 2.24) is 15.5 Å². The van der Waals surface area contributed by atoms with E-state index in [0.29, 0.717) is 12.1 Å². The highest BCUT2D eigenvalue weighted by Gasteiger charge is 2.07. The van der Waals surface area contributed by atoms with E-state index < -0.39 is 0 Å². The molecule has 1 rings (SSSR count). The van der Waals surface area contributed by atoms with Crippen molar-refractivity contribution in [3.05, 3.63) is 35.4 Å². The van der Waals surface area contributed by atoms with Gasteiger partial charge in [-0.2, -0.15) is 0 Å². The number of carbonyl (C=O) groups is 1. The second kappa shape index (κ2) is 10.7. The Bertz CT molecular complexity index is 521. The predicted octanol–water partition coefficient (Wildman–Crippen LogP) is 2.88. The van der Waals surface area contributed by atoms with Crippen LogP contribution < -0.4 is 10.6 Å². The van der Waals surface area contributed by atoms with Crippen molar-refractivity contribution in [3.63, 3.8) is 0 Å². The minimum Gasteiger partial charge on any atom is -0.356 e. The lowest BCUT2D eigenvalue weighted by molar-refractivity contribution is 0.0827. The number of rotatable bonds is 8. The van der Waals surface area contributed by atoms with Crippen LogP contribution in [0.4, 0.5) is 0 Å². The van der Waals surface area contributed by atoms with Crippen LogP contribution in [0, 0.1) is 5.92 Å². The van der Waals surface area contributed by atoms with Gasteiger partial charge in [-0.1, -0.05) is 38.8 Å². The van der Waals surface area contributed by atoms with Gasteiger partial charge in [0, 0.05) is 39.8 Å². The van der Waals surface area contributed by atoms with Gasteiger partial charge in [-0.25, -0.2) is 0 Å². The summed E-state index contributed by atoms with van der Waals surface area (Å²) in [6.07, 6.45) is 3.66. The summed E-state index contributed by atoms with van der Waals surface area (Å²) >= 11 is 0. The number of guanidine groups is 1. The largest absolute Gasteiger partial charge is 0.356 e. The van der Waals surface area contributed by atoms with E-state index in [1.807, 2.05) is 24.3 Å². The van der Waals surface area contributed by atoms with Gasteiger partial charge in [0.15, 0.2) is 5.96 Å². The smallest absolute Gasteiger partial charge is 0.253 e. The second-order valence-electron chi connectivity index (χ2n) is 6.64. The van der Waals surface area contributed by atoms with Crippen molar-refractivity contribution < 1.29 is 4.79 Å². The molecule has 0 bridgehead atoms. The molecular formula is C19H32N4O. The maximum atomic E-state index is 11.9. The number of carbonyl (C=O) groups excluding carboxylic acids is 1. The van der Waals surface area contributed by atoms with Gasteiger partial charge in [0.2, 0.25) is 0 Å². The third-order valence-corrected chi connectivity index (χ3v) is 3.79. The maximum Gasteiger partial charge on any atom is 0.253 e. The molecule has 0 heterocycles. The lowest BCUT2D eigenvalue weighted by Gasteiger charge is -2.13. The molecule has 0 aromatic heterocycles. The molecule has 0 fully saturated rings. The minimum atomic E-state index is 0.0217. The van der Waals surface area contributed by atoms with Gasteiger partial charge in [0.25, 0.3) is 5.91 Å². The first-order valence-electron chi connectivity index (χ1n) is 8.69. The number of nitrogens with zero attached hydrogens (tertiary/aromatic N) is 2. The first-order chi connectivity index (χ1) is 11.4. The Balaban J connectivity index is 2.36. The van der Waals surface area contributed by atoms with Crippen molar-refractivity contribution in [3.8, 4) is 0 Å². The van der Waals surface area contributed by atoms with Gasteiger partial charge in [-0.3, -0.25) is 9.79 Å². The van der Waals surface area contributed by atoms with Crippen molar-refractivity contribution in [2.75, 3.05) is 27.7 Å². The third-order valence-electron chi connectivity index (χ3n) is 3.79. The van der Waals surface area contributed by atoms with Crippen molar-refractivity contribution >= 4 is 11.9 Å². The third kappa shape index (κ3) is 7.49. The van der Waals surface area contributed by atoms with Crippen LogP contribution in [0.25, 0.3) is 0 Å². The number of benzene rings is 1. The monoisotopic (exact) mass is 332 g/mol. The lowest BCUT2D eigenvalue weighted by Crippen LogP contribution is -2.37. The SMILES string of the molecule is CN=C(NCCCCC(C)C)NCc1ccc(C(=O)N(C)C)cc1. The molecule has 0 spiro atoms. The molecule has 1 aromatic carbocycles. The molecule has 0 aliphatic rings. The van der Waals surface area contributed by atoms with Gasteiger partial charge >= 0.3 is 0 Å². The van der Waals surface area contributed by atoms with E-state index in [1.165, 1.54) is 12.8 Å². The second-order valence-corrected chi connectivity index (χ2v) is 6.64. The average Bonchev–Trinajstić information content (AvgIpc) is 2.56. The molecule has 5 nitrogen and oxygen atoms in total. The van der Waals surface area contributed by atoms with Gasteiger partial charge in [-0.05, 0) is 30.0 Å². The summed E-state index contributed by atoms with van der Waals surface area (Å²) in [5.74, 6) is 1.60. The van der Waals surface area contributed by atoms with Crippen molar-refractivity contribution in [2.24, 2.45) is 10.9 Å². The predicted molar refractivity (Wildman–Crippen MR) is 101 cm³/mol. The summed E-state index contributed by atoms with van der Waals surface area (Å²) in [5, 5.41) is 6.64. The van der Waals surface area contributed by atoms with Crippen LogP contribution in [0.3, 0.4) is 0 Å². The van der Waals surface area contributed by atoms with Crippen molar-refractivity contribution in [2.45, 2.75) is 39.7 Å². The minimum absolute atomic E-state index is 0.0217. The van der Waals surface area contributed by atoms with Gasteiger partial charge in [0.1, 0.15) is 0 Å². The zero-order chi connectivity index (χ0) is 17.9. The number of aliphatic imine (C=N–C) groups is 1. The molecule has 0 saturated carbocycles. The first-order valence-corrected chi connectivity index (χ1v) is 8.69. The number of nitrogens with one attached hydrogen (secondary N) is 2. The Hall–Kier alpha value is -2.04. The average molecular weight is 332 g/mol. The Labute approximate surface area is 146 Å². The molecule has 0 aliphatic heterocycles. The molecular weight excluding hydrogens is 300 g/mol. The quantitative estimate of drug-likeness (QED) is 0.437. The Morgan fingerprint density at radius 3 is 2.33 bits per heavy atom. The van der Waals surface area contributed by atoms with E-state index in [9.17, 15) is 4.79 Å². The van der Waals surface area contributed by atoms with E-state index in [2.05, 4.69) is 29.5 Å². The topological polar surface area (TPSA) is 56.7 Å². The summed E-state index contributed by atoms with van der Waals surface area (Å²) in [4.78, 5) is 17.7. The molecule has 0 aliphatic carbocycles. The van der Waals surface area contributed by atoms with Crippen LogP contribution in [0.1, 0.15) is 49.0 Å². The van der Waals surface area contributed by atoms with Gasteiger partial charge in [-0.15, -0.1) is 0 Å².